The van der Waals surface area contributed by atoms with Crippen molar-refractivity contribution in [2.24, 2.45) is 5.92 Å². The van der Waals surface area contributed by atoms with Crippen molar-refractivity contribution >= 4 is 17.5 Å². The molecule has 1 N–H and O–H groups in total. The molecule has 94 valence electrons. The van der Waals surface area contributed by atoms with Gasteiger partial charge in [-0.25, -0.2) is 0 Å². The molecule has 0 saturated carbocycles. The zero-order chi connectivity index (χ0) is 13.3. The molecule has 0 saturated heterocycles. The predicted octanol–water partition coefficient (Wildman–Crippen LogP) is 1.82. The summed E-state index contributed by atoms with van der Waals surface area (Å²) in [7, 11) is 0. The maximum atomic E-state index is 11.5. The molecule has 0 bridgehead atoms. The number of hydrogen-bond donors (Lipinski definition) is 1. The van der Waals surface area contributed by atoms with Crippen molar-refractivity contribution in [2.45, 2.75) is 45.4 Å². The average molecular weight is 238 g/mol. The van der Waals surface area contributed by atoms with Gasteiger partial charge < -0.3 is 5.11 Å². The van der Waals surface area contributed by atoms with Crippen molar-refractivity contribution < 1.29 is 19.5 Å². The standard InChI is InChI=1S/C13H18O4/c1-3-5-6-7-11(14)8-10(9-13(16)17)12(15)4-2/h1,10H,4-9H2,2H3,(H,16,17). The van der Waals surface area contributed by atoms with Gasteiger partial charge in [-0.3, -0.25) is 14.4 Å². The molecule has 0 aromatic heterocycles. The van der Waals surface area contributed by atoms with Crippen molar-refractivity contribution in [1.82, 2.24) is 0 Å². The minimum absolute atomic E-state index is 0.0174. The van der Waals surface area contributed by atoms with Crippen LogP contribution >= 0.6 is 0 Å². The highest BCUT2D eigenvalue weighted by atomic mass is 16.4. The SMILES string of the molecule is C#CCCCC(=O)CC(CC(=O)O)C(=O)CC. The van der Waals surface area contributed by atoms with Crippen LogP contribution in [0, 0.1) is 18.3 Å². The van der Waals surface area contributed by atoms with Crippen molar-refractivity contribution in [3.05, 3.63) is 0 Å². The van der Waals surface area contributed by atoms with Gasteiger partial charge in [-0.2, -0.15) is 0 Å². The van der Waals surface area contributed by atoms with Gasteiger partial charge in [-0.15, -0.1) is 12.3 Å². The second-order valence-corrected chi connectivity index (χ2v) is 3.92. The summed E-state index contributed by atoms with van der Waals surface area (Å²) in [6, 6.07) is 0. The Labute approximate surface area is 101 Å². The molecule has 0 aromatic rings. The fourth-order valence-electron chi connectivity index (χ4n) is 1.56. The lowest BCUT2D eigenvalue weighted by Gasteiger charge is -2.11. The van der Waals surface area contributed by atoms with Crippen LogP contribution < -0.4 is 0 Å². The van der Waals surface area contributed by atoms with E-state index in [0.717, 1.165) is 0 Å². The number of unbranched alkanes of at least 4 members (excludes halogenated alkanes) is 1. The largest absolute Gasteiger partial charge is 0.481 e. The number of ketones is 2. The molecule has 0 fully saturated rings. The molecule has 0 aromatic carbocycles. The van der Waals surface area contributed by atoms with E-state index in [4.69, 9.17) is 11.5 Å². The number of hydrogen-bond acceptors (Lipinski definition) is 3. The summed E-state index contributed by atoms with van der Waals surface area (Å²) in [6.45, 7) is 1.67. The number of carboxylic acid groups (broad SMARTS) is 1. The number of carboxylic acids is 1. The smallest absolute Gasteiger partial charge is 0.304 e. The van der Waals surface area contributed by atoms with Crippen LogP contribution in [0.3, 0.4) is 0 Å². The minimum Gasteiger partial charge on any atom is -0.481 e. The Bertz CT molecular complexity index is 325. The first-order chi connectivity index (χ1) is 8.01. The first-order valence-corrected chi connectivity index (χ1v) is 5.70. The first-order valence-electron chi connectivity index (χ1n) is 5.70. The summed E-state index contributed by atoms with van der Waals surface area (Å²) < 4.78 is 0. The highest BCUT2D eigenvalue weighted by Crippen LogP contribution is 2.15. The van der Waals surface area contributed by atoms with Crippen LogP contribution in [-0.4, -0.2) is 22.6 Å². The molecule has 1 unspecified atom stereocenters. The van der Waals surface area contributed by atoms with E-state index in [2.05, 4.69) is 5.92 Å². The topological polar surface area (TPSA) is 71.4 Å². The number of Topliss-reactive ketones (excluding diaryl/α,β-unsaturated/α-hetero) is 2. The lowest BCUT2D eigenvalue weighted by molar-refractivity contribution is -0.141. The summed E-state index contributed by atoms with van der Waals surface area (Å²) in [5.74, 6) is 0.439. The van der Waals surface area contributed by atoms with E-state index >= 15 is 0 Å². The molecule has 0 aliphatic rings. The first kappa shape index (κ1) is 15.4. The van der Waals surface area contributed by atoms with Gasteiger partial charge in [-0.1, -0.05) is 6.92 Å². The molecule has 0 heterocycles. The monoisotopic (exact) mass is 238 g/mol. The molecule has 4 heteroatoms. The maximum Gasteiger partial charge on any atom is 0.304 e. The summed E-state index contributed by atoms with van der Waals surface area (Å²) in [5, 5.41) is 8.67. The van der Waals surface area contributed by atoms with E-state index in [-0.39, 0.29) is 30.8 Å². The summed E-state index contributed by atoms with van der Waals surface area (Å²) in [5.41, 5.74) is 0. The molecule has 0 rings (SSSR count). The lowest BCUT2D eigenvalue weighted by atomic mass is 9.91. The fraction of sp³-hybridized carbons (Fsp3) is 0.615. The van der Waals surface area contributed by atoms with Gasteiger partial charge in [0.15, 0.2) is 0 Å². The Morgan fingerprint density at radius 1 is 1.29 bits per heavy atom. The van der Waals surface area contributed by atoms with Gasteiger partial charge in [0.1, 0.15) is 11.6 Å². The Morgan fingerprint density at radius 2 is 1.94 bits per heavy atom. The van der Waals surface area contributed by atoms with Gasteiger partial charge >= 0.3 is 5.97 Å². The molecule has 1 atom stereocenters. The quantitative estimate of drug-likeness (QED) is 0.491. The predicted molar refractivity (Wildman–Crippen MR) is 63.3 cm³/mol. The third-order valence-corrected chi connectivity index (χ3v) is 2.48. The zero-order valence-electron chi connectivity index (χ0n) is 10.1. The van der Waals surface area contributed by atoms with E-state index in [1.807, 2.05) is 0 Å². The van der Waals surface area contributed by atoms with Crippen LogP contribution in [0.5, 0.6) is 0 Å². The van der Waals surface area contributed by atoms with Crippen molar-refractivity contribution in [3.8, 4) is 12.3 Å². The van der Waals surface area contributed by atoms with Crippen LogP contribution in [0.25, 0.3) is 0 Å². The number of carbonyl (C=O) groups excluding carboxylic acids is 2. The van der Waals surface area contributed by atoms with E-state index in [9.17, 15) is 14.4 Å². The maximum absolute atomic E-state index is 11.5. The Morgan fingerprint density at radius 3 is 2.41 bits per heavy atom. The molecule has 17 heavy (non-hydrogen) atoms. The van der Waals surface area contributed by atoms with E-state index < -0.39 is 11.9 Å². The van der Waals surface area contributed by atoms with Gasteiger partial charge in [0.25, 0.3) is 0 Å². The normalized spacial score (nSPS) is 11.5. The van der Waals surface area contributed by atoms with Gasteiger partial charge in [0.05, 0.1) is 6.42 Å². The van der Waals surface area contributed by atoms with Gasteiger partial charge in [-0.05, 0) is 6.42 Å². The molecule has 4 nitrogen and oxygen atoms in total. The number of carbonyl (C=O) groups is 3. The molecule has 0 aliphatic heterocycles. The highest BCUT2D eigenvalue weighted by molar-refractivity contribution is 5.90. The van der Waals surface area contributed by atoms with Crippen LogP contribution in [-0.2, 0) is 14.4 Å². The number of terminal acetylenes is 1. The van der Waals surface area contributed by atoms with E-state index in [1.165, 1.54) is 0 Å². The van der Waals surface area contributed by atoms with Crippen LogP contribution in [0.15, 0.2) is 0 Å². The van der Waals surface area contributed by atoms with Gasteiger partial charge in [0, 0.05) is 31.6 Å². The van der Waals surface area contributed by atoms with E-state index in [0.29, 0.717) is 19.3 Å². The second-order valence-electron chi connectivity index (χ2n) is 3.92. The summed E-state index contributed by atoms with van der Waals surface area (Å²) >= 11 is 0. The average Bonchev–Trinajstić information content (AvgIpc) is 2.27. The fourth-order valence-corrected chi connectivity index (χ4v) is 1.56. The van der Waals surface area contributed by atoms with Crippen LogP contribution in [0.2, 0.25) is 0 Å². The summed E-state index contributed by atoms with van der Waals surface area (Å²) in [4.78, 5) is 33.6. The molecule has 0 spiro atoms. The van der Waals surface area contributed by atoms with Crippen molar-refractivity contribution in [2.75, 3.05) is 0 Å². The summed E-state index contributed by atoms with van der Waals surface area (Å²) in [6.07, 6.45) is 6.50. The molecule has 0 amide bonds. The third-order valence-electron chi connectivity index (χ3n) is 2.48. The number of rotatable bonds is 9. The van der Waals surface area contributed by atoms with Crippen molar-refractivity contribution in [3.63, 3.8) is 0 Å². The van der Waals surface area contributed by atoms with Gasteiger partial charge in [0.2, 0.25) is 0 Å². The Hall–Kier alpha value is -1.63. The Kier molecular flexibility index (Phi) is 7.70. The number of aliphatic carboxylic acids is 1. The molecule has 0 aliphatic carbocycles. The minimum atomic E-state index is -1.05. The molecular weight excluding hydrogens is 220 g/mol. The molecular formula is C13H18O4. The van der Waals surface area contributed by atoms with Crippen LogP contribution in [0.1, 0.15) is 45.4 Å². The molecule has 0 radical (unpaired) electrons. The zero-order valence-corrected chi connectivity index (χ0v) is 10.1. The highest BCUT2D eigenvalue weighted by Gasteiger charge is 2.22. The lowest BCUT2D eigenvalue weighted by Crippen LogP contribution is -2.21. The second kappa shape index (κ2) is 8.51. The van der Waals surface area contributed by atoms with Crippen LogP contribution in [0.4, 0.5) is 0 Å². The Balaban J connectivity index is 4.23. The van der Waals surface area contributed by atoms with Crippen molar-refractivity contribution in [1.29, 1.82) is 0 Å². The third kappa shape index (κ3) is 7.29. The van der Waals surface area contributed by atoms with E-state index in [1.54, 1.807) is 6.92 Å².